The predicted octanol–water partition coefficient (Wildman–Crippen LogP) is 2.31. The number of rotatable bonds is 2. The van der Waals surface area contributed by atoms with E-state index < -0.39 is 20.7 Å². The summed E-state index contributed by atoms with van der Waals surface area (Å²) >= 11 is 1.73. The SMILES string of the molecule is CC1(C)CCN(S(=O)(=O)c2c(N)cccc2F)CCS1. The maximum Gasteiger partial charge on any atom is 0.248 e. The second-order valence-corrected chi connectivity index (χ2v) is 9.10. The first-order valence-corrected chi connectivity index (χ1v) is 8.85. The molecule has 4 nitrogen and oxygen atoms in total. The van der Waals surface area contributed by atoms with Gasteiger partial charge < -0.3 is 5.73 Å². The topological polar surface area (TPSA) is 63.4 Å². The minimum Gasteiger partial charge on any atom is -0.398 e. The van der Waals surface area contributed by atoms with Crippen molar-refractivity contribution < 1.29 is 12.8 Å². The van der Waals surface area contributed by atoms with Crippen molar-refractivity contribution in [3.05, 3.63) is 24.0 Å². The molecule has 0 spiro atoms. The van der Waals surface area contributed by atoms with E-state index in [0.29, 0.717) is 18.8 Å². The summed E-state index contributed by atoms with van der Waals surface area (Å²) in [5.41, 5.74) is 5.61. The van der Waals surface area contributed by atoms with Crippen LogP contribution in [0.15, 0.2) is 23.1 Å². The number of sulfonamides is 1. The normalized spacial score (nSPS) is 20.6. The lowest BCUT2D eigenvalue weighted by atomic mass is 10.1. The molecule has 112 valence electrons. The monoisotopic (exact) mass is 318 g/mol. The first kappa shape index (κ1) is 15.6. The zero-order chi connectivity index (χ0) is 15.0. The summed E-state index contributed by atoms with van der Waals surface area (Å²) in [7, 11) is -3.88. The van der Waals surface area contributed by atoms with Crippen molar-refractivity contribution >= 4 is 27.5 Å². The first-order valence-electron chi connectivity index (χ1n) is 6.42. The molecular formula is C13H19FN2O2S2. The Morgan fingerprint density at radius 2 is 2.05 bits per heavy atom. The number of hydrogen-bond donors (Lipinski definition) is 1. The second kappa shape index (κ2) is 5.54. The van der Waals surface area contributed by atoms with Gasteiger partial charge in [-0.2, -0.15) is 16.1 Å². The molecule has 20 heavy (non-hydrogen) atoms. The Kier molecular flexibility index (Phi) is 4.32. The molecule has 1 heterocycles. The van der Waals surface area contributed by atoms with Crippen LogP contribution in [0.5, 0.6) is 0 Å². The van der Waals surface area contributed by atoms with Crippen molar-refractivity contribution in [1.29, 1.82) is 0 Å². The number of halogens is 1. The van der Waals surface area contributed by atoms with Gasteiger partial charge in [0.25, 0.3) is 0 Å². The van der Waals surface area contributed by atoms with Crippen LogP contribution in [0.1, 0.15) is 20.3 Å². The molecule has 2 N–H and O–H groups in total. The quantitative estimate of drug-likeness (QED) is 0.850. The van der Waals surface area contributed by atoms with Crippen LogP contribution in [0.3, 0.4) is 0 Å². The third kappa shape index (κ3) is 3.10. The second-order valence-electron chi connectivity index (χ2n) is 5.42. The number of nitrogens with zero attached hydrogens (tertiary/aromatic N) is 1. The van der Waals surface area contributed by atoms with Gasteiger partial charge in [0.05, 0.1) is 5.69 Å². The van der Waals surface area contributed by atoms with Crippen LogP contribution in [0, 0.1) is 5.82 Å². The third-order valence-electron chi connectivity index (χ3n) is 3.39. The molecule has 0 aromatic heterocycles. The molecule has 0 amide bonds. The molecule has 1 aromatic carbocycles. The highest BCUT2D eigenvalue weighted by Gasteiger charge is 2.33. The number of nitrogen functional groups attached to an aromatic ring is 1. The summed E-state index contributed by atoms with van der Waals surface area (Å²) in [5, 5.41) is 0. The molecule has 0 aliphatic carbocycles. The van der Waals surface area contributed by atoms with Crippen molar-refractivity contribution in [3.8, 4) is 0 Å². The van der Waals surface area contributed by atoms with E-state index in [1.165, 1.54) is 16.4 Å². The van der Waals surface area contributed by atoms with Crippen molar-refractivity contribution in [3.63, 3.8) is 0 Å². The van der Waals surface area contributed by atoms with Crippen LogP contribution in [-0.4, -0.2) is 36.3 Å². The third-order valence-corrected chi connectivity index (χ3v) is 6.76. The molecule has 1 aliphatic rings. The van der Waals surface area contributed by atoms with Crippen LogP contribution >= 0.6 is 11.8 Å². The van der Waals surface area contributed by atoms with Crippen molar-refractivity contribution in [1.82, 2.24) is 4.31 Å². The van der Waals surface area contributed by atoms with Gasteiger partial charge >= 0.3 is 0 Å². The van der Waals surface area contributed by atoms with E-state index in [-0.39, 0.29) is 10.4 Å². The van der Waals surface area contributed by atoms with Crippen LogP contribution in [0.25, 0.3) is 0 Å². The Balaban J connectivity index is 2.36. The van der Waals surface area contributed by atoms with Gasteiger partial charge in [0.15, 0.2) is 0 Å². The van der Waals surface area contributed by atoms with E-state index in [1.54, 1.807) is 11.8 Å². The highest BCUT2D eigenvalue weighted by Crippen LogP contribution is 2.33. The van der Waals surface area contributed by atoms with E-state index >= 15 is 0 Å². The molecule has 7 heteroatoms. The Morgan fingerprint density at radius 3 is 2.70 bits per heavy atom. The lowest BCUT2D eigenvalue weighted by Gasteiger charge is -2.23. The van der Waals surface area contributed by atoms with Crippen molar-refractivity contribution in [2.24, 2.45) is 0 Å². The van der Waals surface area contributed by atoms with Crippen LogP contribution in [0.4, 0.5) is 10.1 Å². The number of nitrogens with two attached hydrogens (primary N) is 1. The van der Waals surface area contributed by atoms with Gasteiger partial charge in [0, 0.05) is 23.6 Å². The summed E-state index contributed by atoms with van der Waals surface area (Å²) in [6.45, 7) is 4.94. The Hall–Kier alpha value is -0.790. The average Bonchev–Trinajstić information content (AvgIpc) is 2.50. The number of anilines is 1. The Labute approximate surface area is 123 Å². The molecule has 1 saturated heterocycles. The van der Waals surface area contributed by atoms with Crippen LogP contribution < -0.4 is 5.73 Å². The van der Waals surface area contributed by atoms with Gasteiger partial charge in [0.1, 0.15) is 10.7 Å². The molecule has 0 bridgehead atoms. The van der Waals surface area contributed by atoms with Crippen molar-refractivity contribution in [2.45, 2.75) is 29.9 Å². The lowest BCUT2D eigenvalue weighted by Crippen LogP contribution is -2.34. The first-order chi connectivity index (χ1) is 9.24. The van der Waals surface area contributed by atoms with Gasteiger partial charge in [-0.1, -0.05) is 19.9 Å². The molecular weight excluding hydrogens is 299 g/mol. The van der Waals surface area contributed by atoms with Gasteiger partial charge in [-0.15, -0.1) is 0 Å². The average molecular weight is 318 g/mol. The zero-order valence-electron chi connectivity index (χ0n) is 11.6. The van der Waals surface area contributed by atoms with Crippen molar-refractivity contribution in [2.75, 3.05) is 24.6 Å². The van der Waals surface area contributed by atoms with Crippen LogP contribution in [-0.2, 0) is 10.0 Å². The minimum atomic E-state index is -3.88. The summed E-state index contributed by atoms with van der Waals surface area (Å²) in [5.74, 6) is -0.0956. The van der Waals surface area contributed by atoms with E-state index in [4.69, 9.17) is 5.73 Å². The fourth-order valence-electron chi connectivity index (χ4n) is 2.17. The Bertz CT molecular complexity index is 582. The molecule has 1 aliphatic heterocycles. The molecule has 0 unspecified atom stereocenters. The van der Waals surface area contributed by atoms with Gasteiger partial charge in [-0.3, -0.25) is 0 Å². The lowest BCUT2D eigenvalue weighted by molar-refractivity contribution is 0.412. The summed E-state index contributed by atoms with van der Waals surface area (Å²) in [4.78, 5) is -0.398. The summed E-state index contributed by atoms with van der Waals surface area (Å²) in [6.07, 6.45) is 0.727. The molecule has 1 fully saturated rings. The number of thioether (sulfide) groups is 1. The number of hydrogen-bond acceptors (Lipinski definition) is 4. The van der Waals surface area contributed by atoms with Gasteiger partial charge in [-0.25, -0.2) is 12.8 Å². The highest BCUT2D eigenvalue weighted by molar-refractivity contribution is 8.00. The van der Waals surface area contributed by atoms with Gasteiger partial charge in [-0.05, 0) is 18.6 Å². The maximum absolute atomic E-state index is 13.9. The van der Waals surface area contributed by atoms with Gasteiger partial charge in [0.2, 0.25) is 10.0 Å². The predicted molar refractivity (Wildman–Crippen MR) is 80.7 cm³/mol. The maximum atomic E-state index is 13.9. The summed E-state index contributed by atoms with van der Waals surface area (Å²) < 4.78 is 40.4. The molecule has 0 saturated carbocycles. The molecule has 2 rings (SSSR count). The largest absolute Gasteiger partial charge is 0.398 e. The van der Waals surface area contributed by atoms with Crippen LogP contribution in [0.2, 0.25) is 0 Å². The fourth-order valence-corrected chi connectivity index (χ4v) is 4.99. The van der Waals surface area contributed by atoms with E-state index in [2.05, 4.69) is 13.8 Å². The smallest absolute Gasteiger partial charge is 0.248 e. The van der Waals surface area contributed by atoms with E-state index in [1.807, 2.05) is 0 Å². The summed E-state index contributed by atoms with van der Waals surface area (Å²) in [6, 6.07) is 3.94. The van der Waals surface area contributed by atoms with E-state index in [9.17, 15) is 12.8 Å². The fraction of sp³-hybridized carbons (Fsp3) is 0.538. The Morgan fingerprint density at radius 1 is 1.35 bits per heavy atom. The minimum absolute atomic E-state index is 0.0328. The zero-order valence-corrected chi connectivity index (χ0v) is 13.2. The molecule has 0 atom stereocenters. The molecule has 0 radical (unpaired) electrons. The molecule has 1 aromatic rings. The number of benzene rings is 1. The standard InChI is InChI=1S/C13H19FN2O2S2/c1-13(2)6-7-16(8-9-19-13)20(17,18)12-10(14)4-3-5-11(12)15/h3-5H,6-9,15H2,1-2H3. The van der Waals surface area contributed by atoms with E-state index in [0.717, 1.165) is 12.5 Å². The highest BCUT2D eigenvalue weighted by atomic mass is 32.2.